The van der Waals surface area contributed by atoms with Gasteiger partial charge in [-0.1, -0.05) is 12.1 Å². The molecule has 0 spiro atoms. The Bertz CT molecular complexity index is 436. The Balaban J connectivity index is 1.65. The van der Waals surface area contributed by atoms with Crippen LogP contribution in [0.1, 0.15) is 35.2 Å². The van der Waals surface area contributed by atoms with Crippen molar-refractivity contribution < 1.29 is 4.79 Å². The highest BCUT2D eigenvalue weighted by atomic mass is 16.1. The summed E-state index contributed by atoms with van der Waals surface area (Å²) < 4.78 is 0. The van der Waals surface area contributed by atoms with E-state index in [1.807, 2.05) is 24.3 Å². The highest BCUT2D eigenvalue weighted by molar-refractivity contribution is 5.93. The van der Waals surface area contributed by atoms with Crippen LogP contribution in [0.5, 0.6) is 0 Å². The van der Waals surface area contributed by atoms with Crippen molar-refractivity contribution in [3.8, 4) is 0 Å². The van der Waals surface area contributed by atoms with Crippen molar-refractivity contribution in [1.82, 2.24) is 15.5 Å². The number of nitrogens with zero attached hydrogens (tertiary/aromatic N) is 1. The molecule has 1 aliphatic heterocycles. The van der Waals surface area contributed by atoms with Gasteiger partial charge >= 0.3 is 0 Å². The predicted molar refractivity (Wildman–Crippen MR) is 86.4 cm³/mol. The average molecular weight is 289 g/mol. The van der Waals surface area contributed by atoms with Crippen LogP contribution in [0.15, 0.2) is 24.3 Å². The quantitative estimate of drug-likeness (QED) is 0.786. The molecule has 1 amide bonds. The van der Waals surface area contributed by atoms with Gasteiger partial charge in [0, 0.05) is 19.2 Å². The van der Waals surface area contributed by atoms with Gasteiger partial charge in [0.05, 0.1) is 0 Å². The third-order valence-electron chi connectivity index (χ3n) is 4.34. The topological polar surface area (TPSA) is 44.4 Å². The second kappa shape index (κ2) is 8.15. The van der Waals surface area contributed by atoms with Crippen LogP contribution in [0.2, 0.25) is 0 Å². The van der Waals surface area contributed by atoms with Crippen LogP contribution in [0.25, 0.3) is 0 Å². The van der Waals surface area contributed by atoms with E-state index in [-0.39, 0.29) is 5.91 Å². The fraction of sp³-hybridized carbons (Fsp3) is 0.588. The van der Waals surface area contributed by atoms with E-state index in [9.17, 15) is 4.79 Å². The van der Waals surface area contributed by atoms with Crippen molar-refractivity contribution in [1.29, 1.82) is 0 Å². The van der Waals surface area contributed by atoms with Gasteiger partial charge in [-0.15, -0.1) is 0 Å². The number of benzene rings is 1. The van der Waals surface area contributed by atoms with Gasteiger partial charge in [0.25, 0.3) is 5.91 Å². The number of rotatable bonds is 6. The van der Waals surface area contributed by atoms with Gasteiger partial charge < -0.3 is 15.5 Å². The molecule has 1 aromatic carbocycles. The van der Waals surface area contributed by atoms with E-state index in [1.165, 1.54) is 37.9 Å². The Morgan fingerprint density at radius 3 is 2.52 bits per heavy atom. The van der Waals surface area contributed by atoms with Gasteiger partial charge in [0.2, 0.25) is 0 Å². The van der Waals surface area contributed by atoms with E-state index >= 15 is 0 Å². The molecule has 1 heterocycles. The molecule has 0 saturated carbocycles. The zero-order chi connectivity index (χ0) is 15.1. The first kappa shape index (κ1) is 16.0. The van der Waals surface area contributed by atoms with Gasteiger partial charge in [0.15, 0.2) is 0 Å². The number of piperidine rings is 1. The minimum Gasteiger partial charge on any atom is -0.355 e. The number of amides is 1. The number of nitrogens with one attached hydrogen (secondary N) is 2. The van der Waals surface area contributed by atoms with E-state index in [2.05, 4.69) is 22.6 Å². The van der Waals surface area contributed by atoms with Crippen molar-refractivity contribution >= 4 is 5.91 Å². The second-order valence-electron chi connectivity index (χ2n) is 5.99. The summed E-state index contributed by atoms with van der Waals surface area (Å²) in [5, 5.41) is 6.14. The summed E-state index contributed by atoms with van der Waals surface area (Å²) in [6.07, 6.45) is 3.93. The molecule has 1 aromatic rings. The molecule has 116 valence electrons. The molecule has 4 nitrogen and oxygen atoms in total. The lowest BCUT2D eigenvalue weighted by molar-refractivity contribution is 0.0963. The summed E-state index contributed by atoms with van der Waals surface area (Å²) in [7, 11) is 3.86. The van der Waals surface area contributed by atoms with Crippen LogP contribution in [0.4, 0.5) is 0 Å². The van der Waals surface area contributed by atoms with E-state index in [4.69, 9.17) is 0 Å². The van der Waals surface area contributed by atoms with Gasteiger partial charge in [0.1, 0.15) is 0 Å². The van der Waals surface area contributed by atoms with Crippen LogP contribution in [-0.4, -0.2) is 44.5 Å². The van der Waals surface area contributed by atoms with Crippen molar-refractivity contribution in [3.63, 3.8) is 0 Å². The summed E-state index contributed by atoms with van der Waals surface area (Å²) in [6.45, 7) is 4.43. The molecule has 1 saturated heterocycles. The monoisotopic (exact) mass is 289 g/mol. The second-order valence-corrected chi connectivity index (χ2v) is 5.99. The summed E-state index contributed by atoms with van der Waals surface area (Å²) in [6, 6.07) is 7.81. The predicted octanol–water partition coefficient (Wildman–Crippen LogP) is 1.87. The fourth-order valence-electron chi connectivity index (χ4n) is 2.81. The average Bonchev–Trinajstić information content (AvgIpc) is 2.53. The fourth-order valence-corrected chi connectivity index (χ4v) is 2.81. The standard InChI is InChI=1S/C17H27N3O/c1-18-17(21)16-5-3-15(4-6-16)13-19-10-7-14-8-11-20(2)12-9-14/h3-6,14,19H,7-13H2,1-2H3,(H,18,21). The Morgan fingerprint density at radius 2 is 1.90 bits per heavy atom. The van der Waals surface area contributed by atoms with Crippen LogP contribution < -0.4 is 10.6 Å². The molecular weight excluding hydrogens is 262 g/mol. The largest absolute Gasteiger partial charge is 0.355 e. The number of hydrogen-bond acceptors (Lipinski definition) is 3. The molecule has 0 unspecified atom stereocenters. The molecule has 0 bridgehead atoms. The molecule has 2 rings (SSSR count). The lowest BCUT2D eigenvalue weighted by atomic mass is 9.94. The first-order valence-electron chi connectivity index (χ1n) is 7.89. The van der Waals surface area contributed by atoms with Crippen LogP contribution >= 0.6 is 0 Å². The van der Waals surface area contributed by atoms with Gasteiger partial charge in [-0.25, -0.2) is 0 Å². The summed E-state index contributed by atoms with van der Waals surface area (Å²) in [4.78, 5) is 13.9. The zero-order valence-electron chi connectivity index (χ0n) is 13.2. The maximum absolute atomic E-state index is 11.5. The van der Waals surface area contributed by atoms with Gasteiger partial charge in [-0.2, -0.15) is 0 Å². The minimum atomic E-state index is -0.0308. The third kappa shape index (κ3) is 5.14. The maximum Gasteiger partial charge on any atom is 0.251 e. The lowest BCUT2D eigenvalue weighted by Gasteiger charge is -2.28. The third-order valence-corrected chi connectivity index (χ3v) is 4.34. The first-order chi connectivity index (χ1) is 10.2. The molecule has 1 aliphatic rings. The van der Waals surface area contributed by atoms with Crippen molar-refractivity contribution in [2.45, 2.75) is 25.8 Å². The van der Waals surface area contributed by atoms with Gasteiger partial charge in [-0.05, 0) is 69.6 Å². The molecule has 21 heavy (non-hydrogen) atoms. The molecule has 0 aromatic heterocycles. The Kier molecular flexibility index (Phi) is 6.21. The van der Waals surface area contributed by atoms with E-state index < -0.39 is 0 Å². The highest BCUT2D eigenvalue weighted by Gasteiger charge is 2.15. The molecule has 0 aliphatic carbocycles. The SMILES string of the molecule is CNC(=O)c1ccc(CNCCC2CCN(C)CC2)cc1. The van der Waals surface area contributed by atoms with Crippen molar-refractivity contribution in [2.24, 2.45) is 5.92 Å². The smallest absolute Gasteiger partial charge is 0.251 e. The number of likely N-dealkylation sites (tertiary alicyclic amines) is 1. The molecule has 0 radical (unpaired) electrons. The normalized spacial score (nSPS) is 16.9. The van der Waals surface area contributed by atoms with Crippen molar-refractivity contribution in [3.05, 3.63) is 35.4 Å². The van der Waals surface area contributed by atoms with E-state index in [0.29, 0.717) is 5.56 Å². The molecule has 0 atom stereocenters. The lowest BCUT2D eigenvalue weighted by Crippen LogP contribution is -2.31. The van der Waals surface area contributed by atoms with Gasteiger partial charge in [-0.3, -0.25) is 4.79 Å². The molecule has 1 fully saturated rings. The maximum atomic E-state index is 11.5. The minimum absolute atomic E-state index is 0.0308. The first-order valence-corrected chi connectivity index (χ1v) is 7.89. The van der Waals surface area contributed by atoms with Crippen molar-refractivity contribution in [2.75, 3.05) is 33.7 Å². The highest BCUT2D eigenvalue weighted by Crippen LogP contribution is 2.18. The Labute approximate surface area is 127 Å². The summed E-state index contributed by atoms with van der Waals surface area (Å²) in [5.74, 6) is 0.848. The number of carbonyl (C=O) groups is 1. The van der Waals surface area contributed by atoms with E-state index in [1.54, 1.807) is 7.05 Å². The van der Waals surface area contributed by atoms with Crippen LogP contribution in [-0.2, 0) is 6.54 Å². The zero-order valence-corrected chi connectivity index (χ0v) is 13.2. The van der Waals surface area contributed by atoms with E-state index in [0.717, 1.165) is 19.0 Å². The molecule has 4 heteroatoms. The molecule has 2 N–H and O–H groups in total. The number of carbonyl (C=O) groups excluding carboxylic acids is 1. The number of hydrogen-bond donors (Lipinski definition) is 2. The Hall–Kier alpha value is -1.39. The van der Waals surface area contributed by atoms with Crippen LogP contribution in [0, 0.1) is 5.92 Å². The molecular formula is C17H27N3O. The summed E-state index contributed by atoms with van der Waals surface area (Å²) >= 11 is 0. The summed E-state index contributed by atoms with van der Waals surface area (Å²) in [5.41, 5.74) is 1.94. The Morgan fingerprint density at radius 1 is 1.24 bits per heavy atom. The van der Waals surface area contributed by atoms with Crippen LogP contribution in [0.3, 0.4) is 0 Å².